The van der Waals surface area contributed by atoms with Gasteiger partial charge in [0, 0.05) is 13.2 Å². The topological polar surface area (TPSA) is 64.3 Å². The van der Waals surface area contributed by atoms with Gasteiger partial charge in [0.25, 0.3) is 5.82 Å². The van der Waals surface area contributed by atoms with Crippen molar-refractivity contribution in [2.75, 3.05) is 18.5 Å². The summed E-state index contributed by atoms with van der Waals surface area (Å²) in [6.07, 6.45) is -4.66. The van der Waals surface area contributed by atoms with Crippen LogP contribution in [-0.4, -0.2) is 39.1 Å². The summed E-state index contributed by atoms with van der Waals surface area (Å²) in [6, 6.07) is 2.96. The molecular weight excluding hydrogens is 275 g/mol. The highest BCUT2D eigenvalue weighted by Crippen LogP contribution is 2.27. The average molecular weight is 289 g/mol. The molecule has 0 spiro atoms. The molecule has 9 heteroatoms. The van der Waals surface area contributed by atoms with Crippen LogP contribution in [0.25, 0.3) is 5.65 Å². The molecule has 0 radical (unpaired) electrons. The maximum atomic E-state index is 12.7. The minimum absolute atomic E-state index is 0.0423. The van der Waals surface area contributed by atoms with Gasteiger partial charge in [-0.25, -0.2) is 0 Å². The van der Waals surface area contributed by atoms with Gasteiger partial charge < -0.3 is 10.1 Å². The Morgan fingerprint density at radius 3 is 2.75 bits per heavy atom. The lowest BCUT2D eigenvalue weighted by Gasteiger charge is -2.13. The molecule has 0 aliphatic rings. The van der Waals surface area contributed by atoms with Crippen LogP contribution in [0.4, 0.5) is 19.0 Å². The summed E-state index contributed by atoms with van der Waals surface area (Å²) in [6.45, 7) is 4.73. The Kier molecular flexibility index (Phi) is 4.07. The second-order valence-corrected chi connectivity index (χ2v) is 4.16. The number of alkyl halides is 3. The number of rotatable bonds is 5. The molecule has 2 aromatic rings. The van der Waals surface area contributed by atoms with Gasteiger partial charge in [-0.1, -0.05) is 0 Å². The van der Waals surface area contributed by atoms with E-state index in [2.05, 4.69) is 20.6 Å². The third-order valence-corrected chi connectivity index (χ3v) is 2.54. The molecule has 0 aliphatic carbocycles. The molecule has 2 aromatic heterocycles. The molecule has 6 nitrogen and oxygen atoms in total. The number of fused-ring (bicyclic) bond motifs is 1. The van der Waals surface area contributed by atoms with E-state index < -0.39 is 12.0 Å². The van der Waals surface area contributed by atoms with Crippen LogP contribution in [0.5, 0.6) is 0 Å². The first-order valence-electron chi connectivity index (χ1n) is 6.07. The quantitative estimate of drug-likeness (QED) is 0.911. The number of ether oxygens (including phenoxy) is 1. The first kappa shape index (κ1) is 14.5. The van der Waals surface area contributed by atoms with Gasteiger partial charge in [0.1, 0.15) is 5.82 Å². The zero-order chi connectivity index (χ0) is 14.8. The van der Waals surface area contributed by atoms with Crippen LogP contribution in [0.15, 0.2) is 12.1 Å². The third kappa shape index (κ3) is 3.16. The van der Waals surface area contributed by atoms with Crippen LogP contribution in [0.2, 0.25) is 0 Å². The molecule has 0 aromatic carbocycles. The molecule has 110 valence electrons. The van der Waals surface area contributed by atoms with E-state index >= 15 is 0 Å². The van der Waals surface area contributed by atoms with Crippen LogP contribution in [-0.2, 0) is 10.9 Å². The molecule has 1 N–H and O–H groups in total. The SMILES string of the molecule is CCOC(C)CNc1ccc2nnc(C(F)(F)F)n2n1. The Labute approximate surface area is 112 Å². The van der Waals surface area contributed by atoms with Crippen molar-refractivity contribution >= 4 is 11.5 Å². The summed E-state index contributed by atoms with van der Waals surface area (Å²) >= 11 is 0. The normalized spacial score (nSPS) is 13.7. The van der Waals surface area contributed by atoms with Gasteiger partial charge in [-0.05, 0) is 26.0 Å². The van der Waals surface area contributed by atoms with Crippen molar-refractivity contribution < 1.29 is 17.9 Å². The second kappa shape index (κ2) is 5.61. The van der Waals surface area contributed by atoms with Crippen LogP contribution in [0, 0.1) is 0 Å². The molecule has 0 saturated heterocycles. The van der Waals surface area contributed by atoms with Crippen molar-refractivity contribution in [2.24, 2.45) is 0 Å². The van der Waals surface area contributed by atoms with Crippen molar-refractivity contribution in [3.63, 3.8) is 0 Å². The number of nitrogens with zero attached hydrogens (tertiary/aromatic N) is 4. The molecule has 0 saturated carbocycles. The summed E-state index contributed by atoms with van der Waals surface area (Å²) in [4.78, 5) is 0. The summed E-state index contributed by atoms with van der Waals surface area (Å²) in [5, 5.41) is 13.3. The van der Waals surface area contributed by atoms with Crippen molar-refractivity contribution in [1.82, 2.24) is 19.8 Å². The number of halogens is 3. The Bertz CT molecular complexity index is 583. The third-order valence-electron chi connectivity index (χ3n) is 2.54. The summed E-state index contributed by atoms with van der Waals surface area (Å²) < 4.78 is 44.1. The average Bonchev–Trinajstić information content (AvgIpc) is 2.79. The minimum Gasteiger partial charge on any atom is -0.377 e. The molecule has 20 heavy (non-hydrogen) atoms. The molecule has 1 atom stereocenters. The number of hydrogen-bond acceptors (Lipinski definition) is 5. The molecule has 0 aliphatic heterocycles. The number of aromatic nitrogens is 4. The van der Waals surface area contributed by atoms with Gasteiger partial charge >= 0.3 is 6.18 Å². The first-order chi connectivity index (χ1) is 9.41. The number of hydrogen-bond donors (Lipinski definition) is 1. The predicted molar refractivity (Wildman–Crippen MR) is 65.4 cm³/mol. The highest BCUT2D eigenvalue weighted by atomic mass is 19.4. The lowest BCUT2D eigenvalue weighted by Crippen LogP contribution is -2.21. The van der Waals surface area contributed by atoms with Crippen LogP contribution in [0.3, 0.4) is 0 Å². The maximum Gasteiger partial charge on any atom is 0.453 e. The Balaban J connectivity index is 2.20. The zero-order valence-electron chi connectivity index (χ0n) is 11.0. The number of nitrogens with one attached hydrogen (secondary N) is 1. The summed E-state index contributed by atoms with van der Waals surface area (Å²) in [5.41, 5.74) is 0.0423. The maximum absolute atomic E-state index is 12.7. The zero-order valence-corrected chi connectivity index (χ0v) is 11.0. The molecular formula is C11H14F3N5O. The Hall–Kier alpha value is -1.90. The van der Waals surface area contributed by atoms with E-state index in [1.54, 1.807) is 6.07 Å². The van der Waals surface area contributed by atoms with Gasteiger partial charge in [0.2, 0.25) is 0 Å². The summed E-state index contributed by atoms with van der Waals surface area (Å²) in [7, 11) is 0. The standard InChI is InChI=1S/C11H14F3N5O/c1-3-20-7(2)6-15-8-4-5-9-16-17-10(11(12,13)14)19(9)18-8/h4-5,7H,3,6H2,1-2H3,(H,15,18). The fraction of sp³-hybridized carbons (Fsp3) is 0.545. The van der Waals surface area contributed by atoms with Crippen molar-refractivity contribution in [2.45, 2.75) is 26.1 Å². The van der Waals surface area contributed by atoms with E-state index in [9.17, 15) is 13.2 Å². The highest BCUT2D eigenvalue weighted by molar-refractivity contribution is 5.44. The lowest BCUT2D eigenvalue weighted by molar-refractivity contribution is -0.146. The fourth-order valence-corrected chi connectivity index (χ4v) is 1.65. The molecule has 0 fully saturated rings. The van der Waals surface area contributed by atoms with Crippen LogP contribution in [0.1, 0.15) is 19.7 Å². The van der Waals surface area contributed by atoms with Gasteiger partial charge in [0.15, 0.2) is 5.65 Å². The fourth-order valence-electron chi connectivity index (χ4n) is 1.65. The first-order valence-corrected chi connectivity index (χ1v) is 6.07. The minimum atomic E-state index is -4.59. The van der Waals surface area contributed by atoms with E-state index in [1.165, 1.54) is 6.07 Å². The van der Waals surface area contributed by atoms with Crippen molar-refractivity contribution in [3.05, 3.63) is 18.0 Å². The van der Waals surface area contributed by atoms with Crippen LogP contribution >= 0.6 is 0 Å². The smallest absolute Gasteiger partial charge is 0.377 e. The van der Waals surface area contributed by atoms with Crippen LogP contribution < -0.4 is 5.32 Å². The lowest BCUT2D eigenvalue weighted by atomic mass is 10.4. The van der Waals surface area contributed by atoms with Gasteiger partial charge in [-0.3, -0.25) is 0 Å². The molecule has 0 bridgehead atoms. The monoisotopic (exact) mass is 289 g/mol. The van der Waals surface area contributed by atoms with E-state index in [1.807, 2.05) is 13.8 Å². The molecule has 2 heterocycles. The Morgan fingerprint density at radius 2 is 2.10 bits per heavy atom. The second-order valence-electron chi connectivity index (χ2n) is 4.16. The molecule has 1 unspecified atom stereocenters. The van der Waals surface area contributed by atoms with Crippen molar-refractivity contribution in [3.8, 4) is 0 Å². The summed E-state index contributed by atoms with van der Waals surface area (Å²) in [5.74, 6) is -0.844. The molecule has 2 rings (SSSR count). The largest absolute Gasteiger partial charge is 0.453 e. The Morgan fingerprint density at radius 1 is 1.35 bits per heavy atom. The predicted octanol–water partition coefficient (Wildman–Crippen LogP) is 1.98. The van der Waals surface area contributed by atoms with E-state index in [0.29, 0.717) is 23.5 Å². The van der Waals surface area contributed by atoms with E-state index in [4.69, 9.17) is 4.74 Å². The van der Waals surface area contributed by atoms with Gasteiger partial charge in [-0.2, -0.15) is 17.7 Å². The van der Waals surface area contributed by atoms with E-state index in [0.717, 1.165) is 0 Å². The van der Waals surface area contributed by atoms with Crippen molar-refractivity contribution in [1.29, 1.82) is 0 Å². The number of anilines is 1. The van der Waals surface area contributed by atoms with E-state index in [-0.39, 0.29) is 11.8 Å². The van der Waals surface area contributed by atoms with Gasteiger partial charge in [-0.15, -0.1) is 15.3 Å². The molecule has 0 amide bonds. The van der Waals surface area contributed by atoms with Gasteiger partial charge in [0.05, 0.1) is 6.10 Å². The highest BCUT2D eigenvalue weighted by Gasteiger charge is 2.37.